The van der Waals surface area contributed by atoms with Crippen molar-refractivity contribution in [1.29, 1.82) is 0 Å². The number of hydrogen-bond donors (Lipinski definition) is 2. The van der Waals surface area contributed by atoms with E-state index in [1.807, 2.05) is 4.72 Å². The van der Waals surface area contributed by atoms with Gasteiger partial charge in [0.1, 0.15) is 0 Å². The summed E-state index contributed by atoms with van der Waals surface area (Å²) in [7, 11) is -4.05. The minimum Gasteiger partial charge on any atom is -0.481 e. The first kappa shape index (κ1) is 13.9. The molecule has 1 amide bonds. The number of aliphatic carboxylic acids is 1. The molecule has 0 aromatic carbocycles. The van der Waals surface area contributed by atoms with E-state index in [1.165, 1.54) is 18.3 Å². The second kappa shape index (κ2) is 4.89. The van der Waals surface area contributed by atoms with E-state index in [0.717, 1.165) is 0 Å². The number of nitrogens with one attached hydrogen (secondary N) is 1. The Kier molecular flexibility index (Phi) is 3.59. The summed E-state index contributed by atoms with van der Waals surface area (Å²) >= 11 is 3.11. The summed E-state index contributed by atoms with van der Waals surface area (Å²) in [6.45, 7) is 0. The molecule has 1 aliphatic carbocycles. The lowest BCUT2D eigenvalue weighted by molar-refractivity contribution is -0.140. The fourth-order valence-electron chi connectivity index (χ4n) is 1.54. The summed E-state index contributed by atoms with van der Waals surface area (Å²) in [5, 5.41) is 8.38. The van der Waals surface area contributed by atoms with E-state index in [1.54, 1.807) is 0 Å². The molecule has 0 spiro atoms. The van der Waals surface area contributed by atoms with Crippen LogP contribution in [0.2, 0.25) is 0 Å². The van der Waals surface area contributed by atoms with Crippen LogP contribution < -0.4 is 4.72 Å². The van der Waals surface area contributed by atoms with Crippen molar-refractivity contribution in [2.24, 2.45) is 11.8 Å². The average molecular weight is 349 g/mol. The van der Waals surface area contributed by atoms with E-state index in [9.17, 15) is 18.0 Å². The first-order valence-electron chi connectivity index (χ1n) is 5.22. The maximum absolute atomic E-state index is 11.8. The highest BCUT2D eigenvalue weighted by molar-refractivity contribution is 9.10. The molecule has 1 fully saturated rings. The molecule has 19 heavy (non-hydrogen) atoms. The average Bonchev–Trinajstić information content (AvgIpc) is 3.08. The highest BCUT2D eigenvalue weighted by atomic mass is 79.9. The molecule has 0 aliphatic heterocycles. The number of carbonyl (C=O) groups is 2. The molecule has 102 valence electrons. The van der Waals surface area contributed by atoms with Gasteiger partial charge in [-0.2, -0.15) is 8.42 Å². The zero-order chi connectivity index (χ0) is 14.2. The van der Waals surface area contributed by atoms with Gasteiger partial charge in [0.15, 0.2) is 5.03 Å². The number of amides is 1. The SMILES string of the molecule is O=C(O)[C@@H]1C[C@H]1C(=O)NS(=O)(=O)c1ccc(Br)cn1. The maximum Gasteiger partial charge on any atom is 0.307 e. The fraction of sp³-hybridized carbons (Fsp3) is 0.300. The molecule has 1 aromatic rings. The molecule has 0 bridgehead atoms. The van der Waals surface area contributed by atoms with Crippen LogP contribution >= 0.6 is 15.9 Å². The number of hydrogen-bond acceptors (Lipinski definition) is 5. The van der Waals surface area contributed by atoms with Gasteiger partial charge in [-0.1, -0.05) is 0 Å². The van der Waals surface area contributed by atoms with E-state index < -0.39 is 33.7 Å². The number of pyridine rings is 1. The van der Waals surface area contributed by atoms with Gasteiger partial charge in [-0.05, 0) is 34.5 Å². The van der Waals surface area contributed by atoms with Crippen molar-refractivity contribution in [2.75, 3.05) is 0 Å². The zero-order valence-corrected chi connectivity index (χ0v) is 11.8. The minimum absolute atomic E-state index is 0.157. The number of sulfonamides is 1. The van der Waals surface area contributed by atoms with Gasteiger partial charge in [-0.3, -0.25) is 9.59 Å². The summed E-state index contributed by atoms with van der Waals surface area (Å²) in [6.07, 6.45) is 1.45. The Morgan fingerprint density at radius 3 is 2.53 bits per heavy atom. The third-order valence-electron chi connectivity index (χ3n) is 2.65. The van der Waals surface area contributed by atoms with Crippen molar-refractivity contribution in [3.05, 3.63) is 22.8 Å². The van der Waals surface area contributed by atoms with E-state index in [4.69, 9.17) is 5.11 Å². The van der Waals surface area contributed by atoms with Gasteiger partial charge in [0, 0.05) is 10.7 Å². The lowest BCUT2D eigenvalue weighted by atomic mass is 10.3. The minimum atomic E-state index is -4.05. The summed E-state index contributed by atoms with van der Waals surface area (Å²) < 4.78 is 26.0. The van der Waals surface area contributed by atoms with E-state index in [-0.39, 0.29) is 11.4 Å². The second-order valence-electron chi connectivity index (χ2n) is 4.07. The predicted molar refractivity (Wildman–Crippen MR) is 66.5 cm³/mol. The molecule has 1 aliphatic rings. The highest BCUT2D eigenvalue weighted by Crippen LogP contribution is 2.38. The second-order valence-corrected chi connectivity index (χ2v) is 6.62. The van der Waals surface area contributed by atoms with Gasteiger partial charge < -0.3 is 5.11 Å². The van der Waals surface area contributed by atoms with Crippen LogP contribution in [0.5, 0.6) is 0 Å². The smallest absolute Gasteiger partial charge is 0.307 e. The lowest BCUT2D eigenvalue weighted by Crippen LogP contribution is -2.33. The third-order valence-corrected chi connectivity index (χ3v) is 4.39. The topological polar surface area (TPSA) is 113 Å². The van der Waals surface area contributed by atoms with Gasteiger partial charge in [0.25, 0.3) is 10.0 Å². The first-order chi connectivity index (χ1) is 8.81. The molecule has 0 radical (unpaired) electrons. The number of aromatic nitrogens is 1. The van der Waals surface area contributed by atoms with Crippen LogP contribution in [0.4, 0.5) is 0 Å². The Hall–Kier alpha value is -1.48. The maximum atomic E-state index is 11.8. The highest BCUT2D eigenvalue weighted by Gasteiger charge is 2.49. The number of carboxylic acids is 1. The molecule has 1 aromatic heterocycles. The molecule has 2 N–H and O–H groups in total. The number of halogens is 1. The van der Waals surface area contributed by atoms with Gasteiger partial charge in [0.2, 0.25) is 5.91 Å². The van der Waals surface area contributed by atoms with E-state index in [0.29, 0.717) is 4.47 Å². The zero-order valence-electron chi connectivity index (χ0n) is 9.41. The van der Waals surface area contributed by atoms with Crippen molar-refractivity contribution >= 4 is 37.8 Å². The first-order valence-corrected chi connectivity index (χ1v) is 7.50. The van der Waals surface area contributed by atoms with Crippen molar-refractivity contribution in [3.63, 3.8) is 0 Å². The third kappa shape index (κ3) is 3.10. The van der Waals surface area contributed by atoms with Gasteiger partial charge >= 0.3 is 5.97 Å². The van der Waals surface area contributed by atoms with E-state index >= 15 is 0 Å². The molecule has 1 saturated carbocycles. The summed E-state index contributed by atoms with van der Waals surface area (Å²) in [4.78, 5) is 25.9. The standard InChI is InChI=1S/C10H9BrN2O5S/c11-5-1-2-8(12-4-5)19(17,18)13-9(14)6-3-7(6)10(15)16/h1-2,4,6-7H,3H2,(H,13,14)(H,15,16)/t6-,7-/m1/s1. The molecule has 2 atom stereocenters. The van der Waals surface area contributed by atoms with Crippen LogP contribution in [0, 0.1) is 11.8 Å². The monoisotopic (exact) mass is 348 g/mol. The van der Waals surface area contributed by atoms with Crippen LogP contribution in [-0.4, -0.2) is 30.4 Å². The summed E-state index contributed by atoms with van der Waals surface area (Å²) in [6, 6.07) is 2.71. The number of carboxylic acid groups (broad SMARTS) is 1. The molecular formula is C10H9BrN2O5S. The van der Waals surface area contributed by atoms with E-state index in [2.05, 4.69) is 20.9 Å². The molecule has 0 unspecified atom stereocenters. The predicted octanol–water partition coefficient (Wildman–Crippen LogP) is 0.370. The molecule has 0 saturated heterocycles. The Bertz CT molecular complexity index is 628. The van der Waals surface area contributed by atoms with Crippen LogP contribution in [0.1, 0.15) is 6.42 Å². The van der Waals surface area contributed by atoms with Crippen LogP contribution in [0.15, 0.2) is 27.8 Å². The molecule has 1 heterocycles. The largest absolute Gasteiger partial charge is 0.481 e. The number of carbonyl (C=O) groups excluding carboxylic acids is 1. The molecule has 7 nitrogen and oxygen atoms in total. The van der Waals surface area contributed by atoms with Crippen LogP contribution in [-0.2, 0) is 19.6 Å². The van der Waals surface area contributed by atoms with Crippen LogP contribution in [0.25, 0.3) is 0 Å². The van der Waals surface area contributed by atoms with Crippen molar-refractivity contribution in [1.82, 2.24) is 9.71 Å². The normalized spacial score (nSPS) is 21.7. The molecule has 2 rings (SSSR count). The Morgan fingerprint density at radius 1 is 1.37 bits per heavy atom. The van der Waals surface area contributed by atoms with Gasteiger partial charge in [-0.25, -0.2) is 9.71 Å². The summed E-state index contributed by atoms with van der Waals surface area (Å²) in [5.74, 6) is -3.49. The van der Waals surface area contributed by atoms with Gasteiger partial charge in [0.05, 0.1) is 11.8 Å². The molecular weight excluding hydrogens is 340 g/mol. The number of nitrogens with zero attached hydrogens (tertiary/aromatic N) is 1. The summed E-state index contributed by atoms with van der Waals surface area (Å²) in [5.41, 5.74) is 0. The molecule has 9 heteroatoms. The lowest BCUT2D eigenvalue weighted by Gasteiger charge is -2.05. The van der Waals surface area contributed by atoms with Gasteiger partial charge in [-0.15, -0.1) is 0 Å². The Balaban J connectivity index is 2.08. The number of rotatable bonds is 4. The van der Waals surface area contributed by atoms with Crippen molar-refractivity contribution in [2.45, 2.75) is 11.4 Å². The Morgan fingerprint density at radius 2 is 2.05 bits per heavy atom. The van der Waals surface area contributed by atoms with Crippen LogP contribution in [0.3, 0.4) is 0 Å². The van der Waals surface area contributed by atoms with Crippen molar-refractivity contribution < 1.29 is 23.1 Å². The fourth-order valence-corrected chi connectivity index (χ4v) is 2.73. The van der Waals surface area contributed by atoms with Crippen molar-refractivity contribution in [3.8, 4) is 0 Å². The Labute approximate surface area is 117 Å². The quantitative estimate of drug-likeness (QED) is 0.812.